The molecule has 0 aromatic carbocycles. The van der Waals surface area contributed by atoms with E-state index in [2.05, 4.69) is 36.2 Å². The number of nitrogens with two attached hydrogens (primary N) is 1. The molecule has 1 amide bonds. The molecule has 0 spiro atoms. The number of rotatable bonds is 4. The average Bonchev–Trinajstić information content (AvgIpc) is 2.28. The minimum Gasteiger partial charge on any atom is -0.306 e. The number of hydrazine groups is 1. The van der Waals surface area contributed by atoms with Gasteiger partial charge in [-0.05, 0) is 47.0 Å². The number of amides is 1. The van der Waals surface area contributed by atoms with Gasteiger partial charge in [0.2, 0.25) is 5.91 Å². The normalized spacial score (nSPS) is 21.1. The van der Waals surface area contributed by atoms with Gasteiger partial charge < -0.3 is 9.80 Å². The van der Waals surface area contributed by atoms with E-state index in [4.69, 9.17) is 5.84 Å². The highest BCUT2D eigenvalue weighted by molar-refractivity contribution is 5.75. The monoisotopic (exact) mass is 228 g/mol. The van der Waals surface area contributed by atoms with Crippen molar-refractivity contribution in [2.75, 3.05) is 27.2 Å². The highest BCUT2D eigenvalue weighted by Crippen LogP contribution is 2.17. The smallest absolute Gasteiger partial charge is 0.235 e. The molecule has 1 aliphatic rings. The molecule has 1 saturated heterocycles. The standard InChI is InChI=1S/C11H24N4O/c1-9(8-11(16)13-12)15(3)10-4-6-14(2)7-5-10/h9-10H,4-8,12H2,1-3H3,(H,13,16). The number of carbonyl (C=O) groups excluding carboxylic acids is 1. The fourth-order valence-electron chi connectivity index (χ4n) is 2.23. The number of nitrogens with zero attached hydrogens (tertiary/aromatic N) is 2. The van der Waals surface area contributed by atoms with Gasteiger partial charge in [0.15, 0.2) is 0 Å². The summed E-state index contributed by atoms with van der Waals surface area (Å²) >= 11 is 0. The van der Waals surface area contributed by atoms with Gasteiger partial charge in [0.05, 0.1) is 0 Å². The Bertz CT molecular complexity index is 226. The van der Waals surface area contributed by atoms with Crippen LogP contribution in [0.1, 0.15) is 26.2 Å². The second-order valence-electron chi connectivity index (χ2n) is 4.82. The van der Waals surface area contributed by atoms with Gasteiger partial charge in [-0.25, -0.2) is 5.84 Å². The predicted molar refractivity (Wildman–Crippen MR) is 64.7 cm³/mol. The van der Waals surface area contributed by atoms with E-state index in [1.807, 2.05) is 0 Å². The van der Waals surface area contributed by atoms with Crippen molar-refractivity contribution in [2.24, 2.45) is 5.84 Å². The van der Waals surface area contributed by atoms with Gasteiger partial charge in [0, 0.05) is 18.5 Å². The van der Waals surface area contributed by atoms with Crippen molar-refractivity contribution in [1.29, 1.82) is 0 Å². The molecule has 0 saturated carbocycles. The SMILES string of the molecule is CC(CC(=O)NN)N(C)C1CCN(C)CC1. The molecule has 3 N–H and O–H groups in total. The third kappa shape index (κ3) is 3.73. The van der Waals surface area contributed by atoms with Crippen LogP contribution in [0.2, 0.25) is 0 Å². The summed E-state index contributed by atoms with van der Waals surface area (Å²) in [7, 11) is 4.26. The maximum Gasteiger partial charge on any atom is 0.235 e. The highest BCUT2D eigenvalue weighted by Gasteiger charge is 2.24. The van der Waals surface area contributed by atoms with Crippen LogP contribution in [-0.4, -0.2) is 55.0 Å². The second-order valence-corrected chi connectivity index (χ2v) is 4.82. The Labute approximate surface area is 97.9 Å². The molecule has 0 aromatic heterocycles. The Morgan fingerprint density at radius 3 is 2.62 bits per heavy atom. The van der Waals surface area contributed by atoms with Gasteiger partial charge >= 0.3 is 0 Å². The van der Waals surface area contributed by atoms with Crippen molar-refractivity contribution in [2.45, 2.75) is 38.3 Å². The molecule has 1 unspecified atom stereocenters. The average molecular weight is 228 g/mol. The Morgan fingerprint density at radius 2 is 2.12 bits per heavy atom. The largest absolute Gasteiger partial charge is 0.306 e. The molecule has 1 heterocycles. The van der Waals surface area contributed by atoms with Gasteiger partial charge in [-0.1, -0.05) is 0 Å². The van der Waals surface area contributed by atoms with E-state index < -0.39 is 0 Å². The molecule has 1 fully saturated rings. The molecule has 5 nitrogen and oxygen atoms in total. The van der Waals surface area contributed by atoms with Gasteiger partial charge in [-0.15, -0.1) is 0 Å². The van der Waals surface area contributed by atoms with Gasteiger partial charge in [-0.2, -0.15) is 0 Å². The zero-order valence-corrected chi connectivity index (χ0v) is 10.6. The minimum atomic E-state index is -0.0905. The number of hydrogen-bond acceptors (Lipinski definition) is 4. The third-order valence-electron chi connectivity index (χ3n) is 3.60. The lowest BCUT2D eigenvalue weighted by Gasteiger charge is -2.38. The van der Waals surface area contributed by atoms with E-state index in [9.17, 15) is 4.79 Å². The summed E-state index contributed by atoms with van der Waals surface area (Å²) in [5, 5.41) is 0. The van der Waals surface area contributed by atoms with Crippen LogP contribution in [0.15, 0.2) is 0 Å². The van der Waals surface area contributed by atoms with Crippen molar-refractivity contribution >= 4 is 5.91 Å². The van der Waals surface area contributed by atoms with Crippen LogP contribution < -0.4 is 11.3 Å². The van der Waals surface area contributed by atoms with E-state index in [-0.39, 0.29) is 11.9 Å². The van der Waals surface area contributed by atoms with Crippen LogP contribution in [0.25, 0.3) is 0 Å². The van der Waals surface area contributed by atoms with E-state index >= 15 is 0 Å². The summed E-state index contributed by atoms with van der Waals surface area (Å²) in [5.74, 6) is 5.00. The number of piperidine rings is 1. The minimum absolute atomic E-state index is 0.0905. The molecule has 1 aliphatic heterocycles. The Morgan fingerprint density at radius 1 is 1.56 bits per heavy atom. The molecule has 1 atom stereocenters. The van der Waals surface area contributed by atoms with Crippen LogP contribution in [0, 0.1) is 0 Å². The molecule has 1 rings (SSSR count). The number of hydrogen-bond donors (Lipinski definition) is 2. The Kier molecular flexibility index (Phi) is 5.18. The van der Waals surface area contributed by atoms with Crippen molar-refractivity contribution < 1.29 is 4.79 Å². The summed E-state index contributed by atoms with van der Waals surface area (Å²) in [4.78, 5) is 15.8. The number of nitrogens with one attached hydrogen (secondary N) is 1. The first kappa shape index (κ1) is 13.4. The van der Waals surface area contributed by atoms with Crippen LogP contribution >= 0.6 is 0 Å². The Balaban J connectivity index is 2.38. The summed E-state index contributed by atoms with van der Waals surface area (Å²) < 4.78 is 0. The van der Waals surface area contributed by atoms with Gasteiger partial charge in [-0.3, -0.25) is 10.2 Å². The lowest BCUT2D eigenvalue weighted by Crippen LogP contribution is -2.47. The van der Waals surface area contributed by atoms with Gasteiger partial charge in [0.1, 0.15) is 0 Å². The van der Waals surface area contributed by atoms with E-state index in [0.29, 0.717) is 12.5 Å². The quantitative estimate of drug-likeness (QED) is 0.397. The van der Waals surface area contributed by atoms with Crippen molar-refractivity contribution in [1.82, 2.24) is 15.2 Å². The summed E-state index contributed by atoms with van der Waals surface area (Å²) in [6, 6.07) is 0.841. The van der Waals surface area contributed by atoms with Crippen LogP contribution in [0.4, 0.5) is 0 Å². The molecular weight excluding hydrogens is 204 g/mol. The third-order valence-corrected chi connectivity index (χ3v) is 3.60. The van der Waals surface area contributed by atoms with Crippen LogP contribution in [0.3, 0.4) is 0 Å². The molecule has 0 aromatic rings. The van der Waals surface area contributed by atoms with E-state index in [1.54, 1.807) is 0 Å². The van der Waals surface area contributed by atoms with Gasteiger partial charge in [0.25, 0.3) is 0 Å². The molecule has 16 heavy (non-hydrogen) atoms. The number of carbonyl (C=O) groups is 1. The first-order chi connectivity index (χ1) is 7.54. The summed E-state index contributed by atoms with van der Waals surface area (Å²) in [6.07, 6.45) is 2.84. The fourth-order valence-corrected chi connectivity index (χ4v) is 2.23. The van der Waals surface area contributed by atoms with E-state index in [0.717, 1.165) is 13.1 Å². The zero-order chi connectivity index (χ0) is 12.1. The lowest BCUT2D eigenvalue weighted by molar-refractivity contribution is -0.122. The van der Waals surface area contributed by atoms with Crippen LogP contribution in [0.5, 0.6) is 0 Å². The maximum atomic E-state index is 11.2. The number of likely N-dealkylation sites (tertiary alicyclic amines) is 1. The second kappa shape index (κ2) is 6.18. The molecule has 94 valence electrons. The van der Waals surface area contributed by atoms with Crippen molar-refractivity contribution in [3.8, 4) is 0 Å². The van der Waals surface area contributed by atoms with Crippen molar-refractivity contribution in [3.63, 3.8) is 0 Å². The first-order valence-electron chi connectivity index (χ1n) is 5.94. The molecule has 0 bridgehead atoms. The molecule has 0 radical (unpaired) electrons. The molecule has 5 heteroatoms. The van der Waals surface area contributed by atoms with Crippen molar-refractivity contribution in [3.05, 3.63) is 0 Å². The topological polar surface area (TPSA) is 61.6 Å². The Hall–Kier alpha value is -0.650. The predicted octanol–water partition coefficient (Wildman–Crippen LogP) is -0.219. The fraction of sp³-hybridized carbons (Fsp3) is 0.909. The first-order valence-corrected chi connectivity index (χ1v) is 5.94. The molecule has 0 aliphatic carbocycles. The maximum absolute atomic E-state index is 11.2. The summed E-state index contributed by atoms with van der Waals surface area (Å²) in [6.45, 7) is 4.36. The summed E-state index contributed by atoms with van der Waals surface area (Å²) in [5.41, 5.74) is 2.19. The lowest BCUT2D eigenvalue weighted by atomic mass is 10.0. The van der Waals surface area contributed by atoms with E-state index in [1.165, 1.54) is 12.8 Å². The highest BCUT2D eigenvalue weighted by atomic mass is 16.2. The zero-order valence-electron chi connectivity index (χ0n) is 10.6. The van der Waals surface area contributed by atoms with Crippen LogP contribution in [-0.2, 0) is 4.79 Å². The molecular formula is C11H24N4O.